The van der Waals surface area contributed by atoms with E-state index in [-0.39, 0.29) is 17.1 Å². The molecule has 114 valence electrons. The average Bonchev–Trinajstić information content (AvgIpc) is 2.37. The monoisotopic (exact) mass is 312 g/mol. The molecule has 0 bridgehead atoms. The van der Waals surface area contributed by atoms with Gasteiger partial charge in [-0.25, -0.2) is 13.1 Å². The third kappa shape index (κ3) is 4.82. The Morgan fingerprint density at radius 1 is 1.52 bits per heavy atom. The second-order valence-corrected chi connectivity index (χ2v) is 6.49. The molecule has 0 aliphatic rings. The lowest BCUT2D eigenvalue weighted by molar-refractivity contribution is -0.138. The highest BCUT2D eigenvalue weighted by atomic mass is 32.2. The largest absolute Gasteiger partial charge is 0.481 e. The Hall–Kier alpha value is -1.95. The van der Waals surface area contributed by atoms with Gasteiger partial charge in [-0.2, -0.15) is 5.26 Å². The number of carboxylic acids is 1. The molecule has 0 spiro atoms. The zero-order valence-corrected chi connectivity index (χ0v) is 12.5. The molecule has 0 aliphatic carbocycles. The first-order chi connectivity index (χ1) is 9.72. The van der Waals surface area contributed by atoms with E-state index in [0.29, 0.717) is 0 Å². The summed E-state index contributed by atoms with van der Waals surface area (Å²) in [5.41, 5.74) is -1.09. The van der Waals surface area contributed by atoms with Crippen LogP contribution in [0.5, 0.6) is 0 Å². The number of methoxy groups -OCH3 is 1. The second-order valence-electron chi connectivity index (χ2n) is 4.81. The number of hydrogen-bond acceptors (Lipinski definition) is 5. The molecule has 0 aliphatic heterocycles. The molecule has 0 amide bonds. The topological polar surface area (TPSA) is 116 Å². The maximum absolute atomic E-state index is 12.3. The molecule has 0 saturated heterocycles. The van der Waals surface area contributed by atoms with E-state index >= 15 is 0 Å². The summed E-state index contributed by atoms with van der Waals surface area (Å²) in [6.45, 7) is 1.34. The van der Waals surface area contributed by atoms with Gasteiger partial charge in [0.05, 0.1) is 35.1 Å². The first-order valence-electron chi connectivity index (χ1n) is 5.97. The molecule has 0 fully saturated rings. The number of aliphatic carboxylic acids is 1. The highest BCUT2D eigenvalue weighted by Crippen LogP contribution is 2.17. The van der Waals surface area contributed by atoms with Gasteiger partial charge in [-0.05, 0) is 25.1 Å². The van der Waals surface area contributed by atoms with Crippen molar-refractivity contribution in [2.75, 3.05) is 13.7 Å². The fraction of sp³-hybridized carbons (Fsp3) is 0.385. The predicted molar refractivity (Wildman–Crippen MR) is 74.0 cm³/mol. The van der Waals surface area contributed by atoms with Gasteiger partial charge in [-0.1, -0.05) is 6.07 Å². The summed E-state index contributed by atoms with van der Waals surface area (Å²) < 4.78 is 31.8. The normalized spacial score (nSPS) is 14.1. The van der Waals surface area contributed by atoms with E-state index in [0.717, 1.165) is 0 Å². The van der Waals surface area contributed by atoms with E-state index in [1.165, 1.54) is 38.3 Å². The zero-order chi connectivity index (χ0) is 16.1. The third-order valence-electron chi connectivity index (χ3n) is 2.66. The molecule has 1 aromatic carbocycles. The minimum atomic E-state index is -3.96. The van der Waals surface area contributed by atoms with Gasteiger partial charge in [0.15, 0.2) is 0 Å². The number of rotatable bonds is 7. The summed E-state index contributed by atoms with van der Waals surface area (Å²) in [4.78, 5) is 10.8. The van der Waals surface area contributed by atoms with E-state index in [9.17, 15) is 13.2 Å². The van der Waals surface area contributed by atoms with E-state index in [1.54, 1.807) is 0 Å². The van der Waals surface area contributed by atoms with Gasteiger partial charge in [0.25, 0.3) is 0 Å². The highest BCUT2D eigenvalue weighted by Gasteiger charge is 2.33. The van der Waals surface area contributed by atoms with Gasteiger partial charge < -0.3 is 9.84 Å². The molecule has 0 radical (unpaired) electrons. The van der Waals surface area contributed by atoms with Crippen LogP contribution in [0, 0.1) is 11.3 Å². The summed E-state index contributed by atoms with van der Waals surface area (Å²) in [5.74, 6) is -1.15. The molecule has 2 N–H and O–H groups in total. The van der Waals surface area contributed by atoms with Crippen molar-refractivity contribution >= 4 is 16.0 Å². The highest BCUT2D eigenvalue weighted by molar-refractivity contribution is 7.89. The first kappa shape index (κ1) is 17.1. The summed E-state index contributed by atoms with van der Waals surface area (Å²) in [6, 6.07) is 7.32. The van der Waals surface area contributed by atoms with E-state index in [2.05, 4.69) is 4.72 Å². The van der Waals surface area contributed by atoms with Gasteiger partial charge in [-0.3, -0.25) is 4.79 Å². The standard InChI is InChI=1S/C13H16N2O5S/c1-13(9-20-2,7-12(16)17)15-21(18,19)11-5-3-4-10(6-11)8-14/h3-6,15H,7,9H2,1-2H3,(H,16,17). The van der Waals surface area contributed by atoms with Gasteiger partial charge in [0.1, 0.15) is 0 Å². The summed E-state index contributed by atoms with van der Waals surface area (Å²) in [7, 11) is -2.61. The molecule has 1 unspecified atom stereocenters. The molecule has 21 heavy (non-hydrogen) atoms. The van der Waals surface area contributed by atoms with Crippen molar-refractivity contribution in [1.82, 2.24) is 4.72 Å². The maximum atomic E-state index is 12.3. The Balaban J connectivity index is 3.11. The fourth-order valence-electron chi connectivity index (χ4n) is 1.89. The second kappa shape index (κ2) is 6.67. The van der Waals surface area contributed by atoms with Crippen molar-refractivity contribution in [1.29, 1.82) is 5.26 Å². The number of carbonyl (C=O) groups is 1. The van der Waals surface area contributed by atoms with Crippen LogP contribution in [0.25, 0.3) is 0 Å². The number of carboxylic acid groups (broad SMARTS) is 1. The van der Waals surface area contributed by atoms with Crippen LogP contribution in [0.3, 0.4) is 0 Å². The van der Waals surface area contributed by atoms with Crippen LogP contribution in [-0.4, -0.2) is 38.7 Å². The molecular formula is C13H16N2O5S. The van der Waals surface area contributed by atoms with E-state index < -0.39 is 28.0 Å². The summed E-state index contributed by atoms with van der Waals surface area (Å²) in [6.07, 6.45) is -0.433. The van der Waals surface area contributed by atoms with Crippen LogP contribution in [0.4, 0.5) is 0 Å². The third-order valence-corrected chi connectivity index (χ3v) is 4.29. The number of nitrogens with one attached hydrogen (secondary N) is 1. The minimum Gasteiger partial charge on any atom is -0.481 e. The lowest BCUT2D eigenvalue weighted by atomic mass is 10.0. The van der Waals surface area contributed by atoms with Crippen molar-refractivity contribution in [2.45, 2.75) is 23.8 Å². The van der Waals surface area contributed by atoms with Crippen LogP contribution in [0.1, 0.15) is 18.9 Å². The molecule has 0 aromatic heterocycles. The number of nitriles is 1. The van der Waals surface area contributed by atoms with Crippen molar-refractivity contribution in [3.8, 4) is 6.07 Å². The van der Waals surface area contributed by atoms with Crippen molar-refractivity contribution in [3.63, 3.8) is 0 Å². The van der Waals surface area contributed by atoms with Gasteiger partial charge in [-0.15, -0.1) is 0 Å². The van der Waals surface area contributed by atoms with Crippen LogP contribution in [0.15, 0.2) is 29.2 Å². The van der Waals surface area contributed by atoms with Gasteiger partial charge in [0, 0.05) is 7.11 Å². The van der Waals surface area contributed by atoms with Gasteiger partial charge >= 0.3 is 5.97 Å². The lowest BCUT2D eigenvalue weighted by Gasteiger charge is -2.28. The molecule has 0 heterocycles. The maximum Gasteiger partial charge on any atom is 0.305 e. The Morgan fingerprint density at radius 3 is 2.71 bits per heavy atom. The average molecular weight is 312 g/mol. The van der Waals surface area contributed by atoms with E-state index in [4.69, 9.17) is 15.1 Å². The Morgan fingerprint density at radius 2 is 2.19 bits per heavy atom. The Kier molecular flexibility index (Phi) is 5.43. The number of hydrogen-bond donors (Lipinski definition) is 2. The van der Waals surface area contributed by atoms with Crippen LogP contribution >= 0.6 is 0 Å². The fourth-order valence-corrected chi connectivity index (χ4v) is 3.32. The number of sulfonamides is 1. The van der Waals surface area contributed by atoms with Crippen LogP contribution < -0.4 is 4.72 Å². The summed E-state index contributed by atoms with van der Waals surface area (Å²) in [5, 5.41) is 17.7. The Bertz CT molecular complexity index is 665. The van der Waals surface area contributed by atoms with Gasteiger partial charge in [0.2, 0.25) is 10.0 Å². The van der Waals surface area contributed by atoms with Crippen LogP contribution in [0.2, 0.25) is 0 Å². The first-order valence-corrected chi connectivity index (χ1v) is 7.46. The zero-order valence-electron chi connectivity index (χ0n) is 11.7. The van der Waals surface area contributed by atoms with Crippen molar-refractivity contribution in [3.05, 3.63) is 29.8 Å². The van der Waals surface area contributed by atoms with E-state index in [1.807, 2.05) is 6.07 Å². The summed E-state index contributed by atoms with van der Waals surface area (Å²) >= 11 is 0. The quantitative estimate of drug-likeness (QED) is 0.766. The van der Waals surface area contributed by atoms with Crippen molar-refractivity contribution < 1.29 is 23.1 Å². The molecule has 7 nitrogen and oxygen atoms in total. The molecule has 1 rings (SSSR count). The molecule has 1 aromatic rings. The molecule has 8 heteroatoms. The molecule has 1 atom stereocenters. The molecular weight excluding hydrogens is 296 g/mol. The molecule has 0 saturated carbocycles. The number of nitrogens with zero attached hydrogens (tertiary/aromatic N) is 1. The van der Waals surface area contributed by atoms with Crippen molar-refractivity contribution in [2.24, 2.45) is 0 Å². The lowest BCUT2D eigenvalue weighted by Crippen LogP contribution is -2.50. The number of benzene rings is 1. The minimum absolute atomic E-state index is 0.101. The SMILES string of the molecule is COCC(C)(CC(=O)O)NS(=O)(=O)c1cccc(C#N)c1. The smallest absolute Gasteiger partial charge is 0.305 e. The van der Waals surface area contributed by atoms with Crippen LogP contribution in [-0.2, 0) is 19.6 Å². The number of ether oxygens (including phenoxy) is 1. The Labute approximate surface area is 123 Å². The predicted octanol–water partition coefficient (Wildman–Crippen LogP) is 0.716.